The Morgan fingerprint density at radius 2 is 2.00 bits per heavy atom. The van der Waals surface area contributed by atoms with Crippen LogP contribution in [0.4, 0.5) is 0 Å². The van der Waals surface area contributed by atoms with Crippen LogP contribution in [0.25, 0.3) is 6.08 Å². The van der Waals surface area contributed by atoms with Gasteiger partial charge in [-0.2, -0.15) is 0 Å². The maximum Gasteiger partial charge on any atom is 0.333 e. The van der Waals surface area contributed by atoms with Gasteiger partial charge in [-0.1, -0.05) is 18.2 Å². The summed E-state index contributed by atoms with van der Waals surface area (Å²) in [6, 6.07) is 0. The summed E-state index contributed by atoms with van der Waals surface area (Å²) >= 11 is 1.49. The Bertz CT molecular complexity index is 651. The first-order chi connectivity index (χ1) is 12.0. The van der Waals surface area contributed by atoms with Crippen LogP contribution in [0.1, 0.15) is 24.5 Å². The molecule has 0 saturated heterocycles. The predicted molar refractivity (Wildman–Crippen MR) is 97.4 cm³/mol. The fourth-order valence-electron chi connectivity index (χ4n) is 2.05. The molecule has 1 aromatic rings. The van der Waals surface area contributed by atoms with E-state index in [0.29, 0.717) is 11.5 Å². The van der Waals surface area contributed by atoms with Crippen molar-refractivity contribution < 1.29 is 23.8 Å². The topological polar surface area (TPSA) is 79.2 Å². The Kier molecular flexibility index (Phi) is 8.87. The third kappa shape index (κ3) is 6.32. The number of esters is 1. The second kappa shape index (κ2) is 10.6. The van der Waals surface area contributed by atoms with Crippen molar-refractivity contribution in [2.75, 3.05) is 28.4 Å². The molecular weight excluding hydrogens is 344 g/mol. The van der Waals surface area contributed by atoms with E-state index in [1.807, 2.05) is 31.4 Å². The standard InChI is InChI=1S/C17H24N2O5S/c1-11(15(22-4)9-17(20)23-5)14(21-3)7-8-16-18-13(10-25-16)12(2)19-24-6/h7-11,14H,1-6H3/b8-7+,15-9+,19-12-/t11-,14+/m1/s1. The third-order valence-electron chi connectivity index (χ3n) is 3.46. The van der Waals surface area contributed by atoms with Gasteiger partial charge < -0.3 is 19.0 Å². The zero-order valence-electron chi connectivity index (χ0n) is 15.3. The quantitative estimate of drug-likeness (QED) is 0.219. The van der Waals surface area contributed by atoms with Gasteiger partial charge in [0.05, 0.1) is 32.1 Å². The van der Waals surface area contributed by atoms with Crippen LogP contribution in [0, 0.1) is 5.92 Å². The van der Waals surface area contributed by atoms with Crippen molar-refractivity contribution in [3.63, 3.8) is 0 Å². The molecule has 1 aromatic heterocycles. The van der Waals surface area contributed by atoms with Gasteiger partial charge >= 0.3 is 5.97 Å². The van der Waals surface area contributed by atoms with E-state index >= 15 is 0 Å². The second-order valence-electron chi connectivity index (χ2n) is 5.05. The molecule has 7 nitrogen and oxygen atoms in total. The summed E-state index contributed by atoms with van der Waals surface area (Å²) in [6.07, 6.45) is 4.76. The van der Waals surface area contributed by atoms with Crippen molar-refractivity contribution in [3.05, 3.63) is 34.0 Å². The highest BCUT2D eigenvalue weighted by Gasteiger charge is 2.20. The normalized spacial score (nSPS) is 15.1. The van der Waals surface area contributed by atoms with E-state index in [4.69, 9.17) is 14.3 Å². The van der Waals surface area contributed by atoms with Crippen LogP contribution in [0.15, 0.2) is 28.4 Å². The van der Waals surface area contributed by atoms with E-state index in [2.05, 4.69) is 14.9 Å². The van der Waals surface area contributed by atoms with E-state index in [1.54, 1.807) is 7.11 Å². The molecule has 138 valence electrons. The van der Waals surface area contributed by atoms with Gasteiger partial charge in [-0.05, 0) is 13.0 Å². The summed E-state index contributed by atoms with van der Waals surface area (Å²) in [6.45, 7) is 3.73. The SMILES string of the molecule is CO/N=C(/C)c1csc(/C=C/[C@H](OC)[C@@H](C)/C(=C\C(=O)OC)OC)n1. The highest BCUT2D eigenvalue weighted by molar-refractivity contribution is 7.10. The molecule has 0 aliphatic carbocycles. The van der Waals surface area contributed by atoms with Crippen LogP contribution in [0.2, 0.25) is 0 Å². The molecule has 0 radical (unpaired) electrons. The number of nitrogens with zero attached hydrogens (tertiary/aromatic N) is 2. The molecule has 0 N–H and O–H groups in total. The van der Waals surface area contributed by atoms with E-state index in [0.717, 1.165) is 10.7 Å². The van der Waals surface area contributed by atoms with Gasteiger partial charge in [0, 0.05) is 18.4 Å². The number of carbonyl (C=O) groups is 1. The fraction of sp³-hybridized carbons (Fsp3) is 0.471. The number of methoxy groups -OCH3 is 3. The maximum atomic E-state index is 11.4. The number of ether oxygens (including phenoxy) is 3. The van der Waals surface area contributed by atoms with E-state index < -0.39 is 5.97 Å². The van der Waals surface area contributed by atoms with Gasteiger partial charge in [0.25, 0.3) is 0 Å². The largest absolute Gasteiger partial charge is 0.500 e. The first-order valence-electron chi connectivity index (χ1n) is 7.55. The minimum absolute atomic E-state index is 0.179. The molecule has 0 bridgehead atoms. The number of aromatic nitrogens is 1. The molecule has 0 aliphatic heterocycles. The fourth-order valence-corrected chi connectivity index (χ4v) is 2.82. The van der Waals surface area contributed by atoms with Crippen LogP contribution in [0.3, 0.4) is 0 Å². The van der Waals surface area contributed by atoms with E-state index in [9.17, 15) is 4.79 Å². The van der Waals surface area contributed by atoms with Crippen LogP contribution in [0.5, 0.6) is 0 Å². The molecule has 2 atom stereocenters. The molecule has 0 saturated carbocycles. The van der Waals surface area contributed by atoms with Gasteiger partial charge in [-0.25, -0.2) is 9.78 Å². The third-order valence-corrected chi connectivity index (χ3v) is 4.27. The summed E-state index contributed by atoms with van der Waals surface area (Å²) in [4.78, 5) is 20.6. The molecule has 0 unspecified atom stereocenters. The first kappa shape index (κ1) is 20.9. The second-order valence-corrected chi connectivity index (χ2v) is 5.94. The first-order valence-corrected chi connectivity index (χ1v) is 8.42. The lowest BCUT2D eigenvalue weighted by atomic mass is 10.0. The van der Waals surface area contributed by atoms with Gasteiger partial charge in [-0.15, -0.1) is 11.3 Å². The smallest absolute Gasteiger partial charge is 0.333 e. The van der Waals surface area contributed by atoms with Crippen LogP contribution in [-0.2, 0) is 23.8 Å². The van der Waals surface area contributed by atoms with Gasteiger partial charge in [0.1, 0.15) is 23.6 Å². The van der Waals surface area contributed by atoms with Crippen LogP contribution >= 0.6 is 11.3 Å². The molecule has 0 aromatic carbocycles. The van der Waals surface area contributed by atoms with Crippen LogP contribution in [-0.4, -0.2) is 51.2 Å². The zero-order chi connectivity index (χ0) is 18.8. The highest BCUT2D eigenvalue weighted by Crippen LogP contribution is 2.21. The van der Waals surface area contributed by atoms with Crippen molar-refractivity contribution in [3.8, 4) is 0 Å². The molecule has 8 heteroatoms. The lowest BCUT2D eigenvalue weighted by Gasteiger charge is -2.21. The molecule has 1 heterocycles. The Morgan fingerprint density at radius 1 is 1.28 bits per heavy atom. The number of oxime groups is 1. The number of thiazole rings is 1. The van der Waals surface area contributed by atoms with Crippen molar-refractivity contribution in [2.45, 2.75) is 20.0 Å². The summed E-state index contributed by atoms with van der Waals surface area (Å²) < 4.78 is 15.4. The minimum atomic E-state index is -0.472. The summed E-state index contributed by atoms with van der Waals surface area (Å²) in [7, 11) is 5.92. The molecular formula is C17H24N2O5S. The molecule has 0 amide bonds. The lowest BCUT2D eigenvalue weighted by Crippen LogP contribution is -2.21. The number of hydrogen-bond acceptors (Lipinski definition) is 8. The number of rotatable bonds is 9. The summed E-state index contributed by atoms with van der Waals surface area (Å²) in [5, 5.41) is 6.58. The Hall–Kier alpha value is -2.19. The monoisotopic (exact) mass is 368 g/mol. The average molecular weight is 368 g/mol. The van der Waals surface area contributed by atoms with E-state index in [-0.39, 0.29) is 12.0 Å². The Morgan fingerprint density at radius 3 is 2.56 bits per heavy atom. The lowest BCUT2D eigenvalue weighted by molar-refractivity contribution is -0.135. The average Bonchev–Trinajstić information content (AvgIpc) is 3.09. The van der Waals surface area contributed by atoms with Gasteiger partial charge in [-0.3, -0.25) is 0 Å². The molecule has 0 spiro atoms. The van der Waals surface area contributed by atoms with Gasteiger partial charge in [0.2, 0.25) is 0 Å². The predicted octanol–water partition coefficient (Wildman–Crippen LogP) is 2.88. The summed E-state index contributed by atoms with van der Waals surface area (Å²) in [5.74, 6) is -0.173. The number of hydrogen-bond donors (Lipinski definition) is 0. The zero-order valence-corrected chi connectivity index (χ0v) is 16.1. The van der Waals surface area contributed by atoms with E-state index in [1.165, 1.54) is 38.7 Å². The molecule has 0 aliphatic rings. The Labute approximate surface area is 151 Å². The van der Waals surface area contributed by atoms with Crippen molar-refractivity contribution >= 4 is 29.1 Å². The van der Waals surface area contributed by atoms with Crippen LogP contribution < -0.4 is 0 Å². The summed E-state index contributed by atoms with van der Waals surface area (Å²) in [5.41, 5.74) is 1.47. The van der Waals surface area contributed by atoms with Crippen molar-refractivity contribution in [2.24, 2.45) is 11.1 Å². The highest BCUT2D eigenvalue weighted by atomic mass is 32.1. The molecule has 1 rings (SSSR count). The Balaban J connectivity index is 2.90. The van der Waals surface area contributed by atoms with Gasteiger partial charge in [0.15, 0.2) is 0 Å². The molecule has 0 fully saturated rings. The minimum Gasteiger partial charge on any atom is -0.500 e. The van der Waals surface area contributed by atoms with Crippen molar-refractivity contribution in [1.29, 1.82) is 0 Å². The maximum absolute atomic E-state index is 11.4. The molecule has 25 heavy (non-hydrogen) atoms. The number of carbonyl (C=O) groups excluding carboxylic acids is 1. The van der Waals surface area contributed by atoms with Crippen molar-refractivity contribution in [1.82, 2.24) is 4.98 Å².